The third-order valence-electron chi connectivity index (χ3n) is 3.82. The van der Waals surface area contributed by atoms with Crippen LogP contribution in [0.25, 0.3) is 0 Å². The fourth-order valence-corrected chi connectivity index (χ4v) is 2.59. The highest BCUT2D eigenvalue weighted by Crippen LogP contribution is 2.16. The molecule has 104 valence electrons. The monoisotopic (exact) mass is 263 g/mol. The molecule has 3 N–H and O–H groups in total. The fourth-order valence-electron chi connectivity index (χ4n) is 2.59. The van der Waals surface area contributed by atoms with Gasteiger partial charge in [-0.2, -0.15) is 0 Å². The number of hydrogen-bond donors (Lipinski definition) is 3. The molecule has 0 radical (unpaired) electrons. The van der Waals surface area contributed by atoms with Crippen molar-refractivity contribution < 1.29 is 4.79 Å². The number of rotatable bonds is 2. The normalized spacial score (nSPS) is 27.0. The van der Waals surface area contributed by atoms with Crippen molar-refractivity contribution in [3.63, 3.8) is 0 Å². The molecule has 0 spiro atoms. The van der Waals surface area contributed by atoms with Crippen molar-refractivity contribution in [1.29, 1.82) is 0 Å². The highest BCUT2D eigenvalue weighted by Gasteiger charge is 2.29. The molecule has 1 aliphatic heterocycles. The SMILES string of the molecule is Cc1ccc(C(=O)NC2C(C)CCNC2C)c(=O)[nH]1. The highest BCUT2D eigenvalue weighted by atomic mass is 16.2. The van der Waals surface area contributed by atoms with Gasteiger partial charge < -0.3 is 15.6 Å². The summed E-state index contributed by atoms with van der Waals surface area (Å²) in [5.74, 6) is 0.110. The Kier molecular flexibility index (Phi) is 4.04. The van der Waals surface area contributed by atoms with Crippen molar-refractivity contribution >= 4 is 5.91 Å². The van der Waals surface area contributed by atoms with Crippen molar-refractivity contribution in [1.82, 2.24) is 15.6 Å². The smallest absolute Gasteiger partial charge is 0.260 e. The van der Waals surface area contributed by atoms with E-state index in [1.165, 1.54) is 0 Å². The molecule has 1 aromatic rings. The summed E-state index contributed by atoms with van der Waals surface area (Å²) in [7, 11) is 0. The molecule has 5 heteroatoms. The van der Waals surface area contributed by atoms with Gasteiger partial charge in [0.05, 0.1) is 0 Å². The highest BCUT2D eigenvalue weighted by molar-refractivity contribution is 5.94. The molecular weight excluding hydrogens is 242 g/mol. The van der Waals surface area contributed by atoms with Crippen LogP contribution in [0.1, 0.15) is 36.3 Å². The maximum atomic E-state index is 12.2. The van der Waals surface area contributed by atoms with Crippen molar-refractivity contribution in [3.8, 4) is 0 Å². The van der Waals surface area contributed by atoms with Gasteiger partial charge in [0.1, 0.15) is 5.56 Å². The van der Waals surface area contributed by atoms with E-state index in [9.17, 15) is 9.59 Å². The van der Waals surface area contributed by atoms with Gasteiger partial charge in [-0.25, -0.2) is 0 Å². The molecule has 0 aromatic carbocycles. The van der Waals surface area contributed by atoms with Gasteiger partial charge in [0.2, 0.25) is 0 Å². The first-order valence-corrected chi connectivity index (χ1v) is 6.73. The van der Waals surface area contributed by atoms with Gasteiger partial charge in [-0.3, -0.25) is 9.59 Å². The van der Waals surface area contributed by atoms with E-state index in [1.807, 2.05) is 0 Å². The van der Waals surface area contributed by atoms with Crippen LogP contribution in [0.4, 0.5) is 0 Å². The zero-order valence-electron chi connectivity index (χ0n) is 11.6. The molecule has 5 nitrogen and oxygen atoms in total. The number of H-pyrrole nitrogens is 1. The van der Waals surface area contributed by atoms with Gasteiger partial charge in [0, 0.05) is 17.8 Å². The first-order valence-electron chi connectivity index (χ1n) is 6.73. The number of aromatic nitrogens is 1. The first kappa shape index (κ1) is 13.8. The molecule has 19 heavy (non-hydrogen) atoms. The van der Waals surface area contributed by atoms with E-state index in [4.69, 9.17) is 0 Å². The van der Waals surface area contributed by atoms with E-state index in [2.05, 4.69) is 29.5 Å². The van der Waals surface area contributed by atoms with Crippen molar-refractivity contribution in [3.05, 3.63) is 33.7 Å². The minimum absolute atomic E-state index is 0.0574. The summed E-state index contributed by atoms with van der Waals surface area (Å²) < 4.78 is 0. The van der Waals surface area contributed by atoms with Crippen LogP contribution in [-0.2, 0) is 0 Å². The summed E-state index contributed by atoms with van der Waals surface area (Å²) in [6.07, 6.45) is 1.03. The average molecular weight is 263 g/mol. The number of amides is 1. The molecule has 0 bridgehead atoms. The van der Waals surface area contributed by atoms with Crippen LogP contribution < -0.4 is 16.2 Å². The zero-order valence-corrected chi connectivity index (χ0v) is 11.6. The van der Waals surface area contributed by atoms with Gasteiger partial charge in [-0.05, 0) is 44.9 Å². The Morgan fingerprint density at radius 3 is 2.74 bits per heavy atom. The maximum absolute atomic E-state index is 12.2. The Labute approximate surface area is 112 Å². The fraction of sp³-hybridized carbons (Fsp3) is 0.571. The molecule has 1 aromatic heterocycles. The molecule has 0 saturated carbocycles. The predicted molar refractivity (Wildman–Crippen MR) is 74.3 cm³/mol. The Bertz CT molecular complexity index is 514. The second kappa shape index (κ2) is 5.57. The van der Waals surface area contributed by atoms with Gasteiger partial charge in [0.25, 0.3) is 11.5 Å². The second-order valence-corrected chi connectivity index (χ2v) is 5.39. The van der Waals surface area contributed by atoms with Gasteiger partial charge in [0.15, 0.2) is 0 Å². The summed E-state index contributed by atoms with van der Waals surface area (Å²) in [6, 6.07) is 3.59. The van der Waals surface area contributed by atoms with Crippen LogP contribution >= 0.6 is 0 Å². The quantitative estimate of drug-likeness (QED) is 0.739. The molecular formula is C14H21N3O2. The molecule has 1 amide bonds. The van der Waals surface area contributed by atoms with E-state index in [0.29, 0.717) is 5.92 Å². The van der Waals surface area contributed by atoms with E-state index in [1.54, 1.807) is 19.1 Å². The molecule has 2 heterocycles. The molecule has 2 rings (SSSR count). The summed E-state index contributed by atoms with van der Waals surface area (Å²) >= 11 is 0. The van der Waals surface area contributed by atoms with Gasteiger partial charge in [-0.15, -0.1) is 0 Å². The van der Waals surface area contributed by atoms with E-state index in [-0.39, 0.29) is 29.1 Å². The third kappa shape index (κ3) is 3.04. The van der Waals surface area contributed by atoms with Crippen LogP contribution in [-0.4, -0.2) is 29.5 Å². The van der Waals surface area contributed by atoms with Crippen molar-refractivity contribution in [2.24, 2.45) is 5.92 Å². The Morgan fingerprint density at radius 2 is 2.11 bits per heavy atom. The van der Waals surface area contributed by atoms with Crippen LogP contribution in [0.5, 0.6) is 0 Å². The maximum Gasteiger partial charge on any atom is 0.260 e. The molecule has 1 saturated heterocycles. The van der Waals surface area contributed by atoms with Crippen molar-refractivity contribution in [2.75, 3.05) is 6.54 Å². The van der Waals surface area contributed by atoms with Crippen molar-refractivity contribution in [2.45, 2.75) is 39.3 Å². The Hall–Kier alpha value is -1.62. The molecule has 0 aliphatic carbocycles. The number of nitrogens with one attached hydrogen (secondary N) is 3. The minimum atomic E-state index is -0.332. The van der Waals surface area contributed by atoms with Crippen LogP contribution in [0.15, 0.2) is 16.9 Å². The molecule has 1 aliphatic rings. The number of carbonyl (C=O) groups excluding carboxylic acids is 1. The van der Waals surface area contributed by atoms with E-state index in [0.717, 1.165) is 18.7 Å². The summed E-state index contributed by atoms with van der Waals surface area (Å²) in [5.41, 5.74) is 0.597. The minimum Gasteiger partial charge on any atom is -0.347 e. The lowest BCUT2D eigenvalue weighted by molar-refractivity contribution is 0.0896. The van der Waals surface area contributed by atoms with Crippen LogP contribution in [0, 0.1) is 12.8 Å². The second-order valence-electron chi connectivity index (χ2n) is 5.39. The van der Waals surface area contributed by atoms with E-state index < -0.39 is 0 Å². The summed E-state index contributed by atoms with van der Waals surface area (Å²) in [4.78, 5) is 26.6. The first-order chi connectivity index (χ1) is 8.99. The van der Waals surface area contributed by atoms with Gasteiger partial charge >= 0.3 is 0 Å². The molecule has 1 fully saturated rings. The summed E-state index contributed by atoms with van der Waals surface area (Å²) in [5, 5.41) is 6.32. The number of piperidine rings is 1. The third-order valence-corrected chi connectivity index (χ3v) is 3.82. The number of pyridine rings is 1. The zero-order chi connectivity index (χ0) is 14.0. The standard InChI is InChI=1S/C14H21N3O2/c1-8-6-7-15-10(3)12(8)17-14(19)11-5-4-9(2)16-13(11)18/h4-5,8,10,12,15H,6-7H2,1-3H3,(H,16,18)(H,17,19). The topological polar surface area (TPSA) is 74.0 Å². The molecule has 3 unspecified atom stereocenters. The van der Waals surface area contributed by atoms with Gasteiger partial charge in [-0.1, -0.05) is 6.92 Å². The lowest BCUT2D eigenvalue weighted by atomic mass is 9.89. The lowest BCUT2D eigenvalue weighted by Crippen LogP contribution is -2.56. The van der Waals surface area contributed by atoms with E-state index >= 15 is 0 Å². The molecule has 3 atom stereocenters. The number of carbonyl (C=O) groups is 1. The van der Waals surface area contributed by atoms with Crippen LogP contribution in [0.2, 0.25) is 0 Å². The Morgan fingerprint density at radius 1 is 1.37 bits per heavy atom. The predicted octanol–water partition coefficient (Wildman–Crippen LogP) is 0.800. The Balaban J connectivity index is 2.14. The summed E-state index contributed by atoms with van der Waals surface area (Å²) in [6.45, 7) is 6.94. The number of hydrogen-bond acceptors (Lipinski definition) is 3. The number of aromatic amines is 1. The van der Waals surface area contributed by atoms with Crippen LogP contribution in [0.3, 0.4) is 0 Å². The lowest BCUT2D eigenvalue weighted by Gasteiger charge is -2.35. The largest absolute Gasteiger partial charge is 0.347 e. The number of aryl methyl sites for hydroxylation is 1. The average Bonchev–Trinajstić information content (AvgIpc) is 2.33.